The zero-order valence-corrected chi connectivity index (χ0v) is 19.4. The fourth-order valence-electron chi connectivity index (χ4n) is 3.05. The monoisotopic (exact) mass is 495 g/mol. The molecule has 3 amide bonds. The van der Waals surface area contributed by atoms with E-state index in [0.717, 1.165) is 0 Å². The topological polar surface area (TPSA) is 234 Å². The quantitative estimate of drug-likeness (QED) is 0.130. The maximum Gasteiger partial charge on any atom is 0.326 e. The minimum absolute atomic E-state index is 0.000479. The van der Waals surface area contributed by atoms with Gasteiger partial charge in [0.1, 0.15) is 23.9 Å². The lowest BCUT2D eigenvalue weighted by Crippen LogP contribution is -2.56. The van der Waals surface area contributed by atoms with Gasteiger partial charge in [0, 0.05) is 6.42 Å². The summed E-state index contributed by atoms with van der Waals surface area (Å²) in [5, 5.41) is 34.7. The Hall–Kier alpha value is -3.71. The van der Waals surface area contributed by atoms with Gasteiger partial charge in [-0.2, -0.15) is 0 Å². The van der Waals surface area contributed by atoms with Gasteiger partial charge in [0.2, 0.25) is 17.7 Å². The second-order valence-corrected chi connectivity index (χ2v) is 8.05. The molecule has 1 rings (SSSR count). The molecule has 0 radical (unpaired) electrons. The molecule has 0 fully saturated rings. The van der Waals surface area contributed by atoms with Crippen molar-refractivity contribution in [3.05, 3.63) is 29.8 Å². The molecule has 1 aromatic carbocycles. The minimum atomic E-state index is -1.50. The third kappa shape index (κ3) is 10.8. The highest BCUT2D eigenvalue weighted by Crippen LogP contribution is 2.11. The number of carbonyl (C=O) groups is 5. The molecule has 194 valence electrons. The Bertz CT molecular complexity index is 892. The molecule has 35 heavy (non-hydrogen) atoms. The van der Waals surface area contributed by atoms with Crippen molar-refractivity contribution in [3.63, 3.8) is 0 Å². The van der Waals surface area contributed by atoms with Crippen molar-refractivity contribution in [1.29, 1.82) is 0 Å². The number of carbonyl (C=O) groups excluding carboxylic acids is 3. The number of benzene rings is 1. The fraction of sp³-hybridized carbons (Fsp3) is 0.500. The summed E-state index contributed by atoms with van der Waals surface area (Å²) in [5.74, 6) is -5.17. The summed E-state index contributed by atoms with van der Waals surface area (Å²) >= 11 is 0. The van der Waals surface area contributed by atoms with Crippen molar-refractivity contribution in [2.24, 2.45) is 11.5 Å². The number of aromatic hydroxyl groups is 1. The van der Waals surface area contributed by atoms with Crippen molar-refractivity contribution in [2.75, 3.05) is 6.54 Å². The summed E-state index contributed by atoms with van der Waals surface area (Å²) in [6.07, 6.45) is 0.687. The number of aliphatic carboxylic acids is 2. The Balaban J connectivity index is 2.76. The Labute approximate surface area is 202 Å². The molecule has 0 aliphatic heterocycles. The van der Waals surface area contributed by atoms with Gasteiger partial charge in [0.05, 0.1) is 12.5 Å². The highest BCUT2D eigenvalue weighted by molar-refractivity contribution is 5.95. The first-order valence-electron chi connectivity index (χ1n) is 11.0. The predicted octanol–water partition coefficient (Wildman–Crippen LogP) is -1.58. The zero-order valence-electron chi connectivity index (χ0n) is 19.4. The lowest BCUT2D eigenvalue weighted by Gasteiger charge is -2.23. The van der Waals surface area contributed by atoms with Crippen molar-refractivity contribution in [3.8, 4) is 5.75 Å². The average Bonchev–Trinajstić information content (AvgIpc) is 2.78. The first-order chi connectivity index (χ1) is 16.4. The Morgan fingerprint density at radius 1 is 0.886 bits per heavy atom. The number of rotatable bonds is 15. The first-order valence-corrected chi connectivity index (χ1v) is 11.0. The Kier molecular flexibility index (Phi) is 12.2. The van der Waals surface area contributed by atoms with Gasteiger partial charge in [-0.3, -0.25) is 19.2 Å². The van der Waals surface area contributed by atoms with Crippen LogP contribution < -0.4 is 27.4 Å². The number of hydrogen-bond donors (Lipinski definition) is 8. The molecule has 0 spiro atoms. The third-order valence-corrected chi connectivity index (χ3v) is 5.06. The number of nitrogens with two attached hydrogens (primary N) is 2. The van der Waals surface area contributed by atoms with Crippen LogP contribution >= 0.6 is 0 Å². The number of carboxylic acids is 2. The number of amides is 3. The van der Waals surface area contributed by atoms with E-state index in [1.165, 1.54) is 31.2 Å². The lowest BCUT2D eigenvalue weighted by atomic mass is 10.1. The molecule has 4 atom stereocenters. The van der Waals surface area contributed by atoms with Crippen LogP contribution in [0.25, 0.3) is 0 Å². The number of phenolic OH excluding ortho intramolecular Hbond substituents is 1. The van der Waals surface area contributed by atoms with Gasteiger partial charge in [0.15, 0.2) is 0 Å². The van der Waals surface area contributed by atoms with Gasteiger partial charge in [-0.25, -0.2) is 4.79 Å². The summed E-state index contributed by atoms with van der Waals surface area (Å²) in [6.45, 7) is 1.71. The van der Waals surface area contributed by atoms with E-state index >= 15 is 0 Å². The van der Waals surface area contributed by atoms with E-state index in [4.69, 9.17) is 16.6 Å². The lowest BCUT2D eigenvalue weighted by molar-refractivity contribution is -0.143. The summed E-state index contributed by atoms with van der Waals surface area (Å²) in [6, 6.07) is 0.721. The fourth-order valence-corrected chi connectivity index (χ4v) is 3.05. The van der Waals surface area contributed by atoms with Crippen molar-refractivity contribution in [2.45, 2.75) is 63.2 Å². The molecular formula is C22H33N5O8. The normalized spacial score (nSPS) is 14.1. The molecule has 0 saturated heterocycles. The predicted molar refractivity (Wildman–Crippen MR) is 124 cm³/mol. The maximum atomic E-state index is 12.6. The van der Waals surface area contributed by atoms with E-state index in [1.54, 1.807) is 0 Å². The largest absolute Gasteiger partial charge is 0.508 e. The molecule has 0 aliphatic rings. The van der Waals surface area contributed by atoms with Crippen molar-refractivity contribution < 1.29 is 39.3 Å². The highest BCUT2D eigenvalue weighted by Gasteiger charge is 2.29. The second kappa shape index (κ2) is 14.5. The van der Waals surface area contributed by atoms with Crippen LogP contribution in [0.3, 0.4) is 0 Å². The molecule has 13 nitrogen and oxygen atoms in total. The molecule has 0 aliphatic carbocycles. The maximum absolute atomic E-state index is 12.6. The average molecular weight is 496 g/mol. The van der Waals surface area contributed by atoms with Crippen molar-refractivity contribution in [1.82, 2.24) is 16.0 Å². The number of nitrogens with one attached hydrogen (secondary N) is 3. The zero-order chi connectivity index (χ0) is 26.5. The van der Waals surface area contributed by atoms with E-state index in [9.17, 15) is 34.2 Å². The summed E-state index contributed by atoms with van der Waals surface area (Å²) in [7, 11) is 0. The van der Waals surface area contributed by atoms with Gasteiger partial charge in [-0.15, -0.1) is 0 Å². The SMILES string of the molecule is CC(NC(=O)C(CC(=O)O)NC(=O)C(N)CCCCN)C(=O)NC(Cc1ccc(O)cc1)C(=O)O. The van der Waals surface area contributed by atoms with Crippen LogP contribution in [0.1, 0.15) is 38.2 Å². The van der Waals surface area contributed by atoms with E-state index in [0.29, 0.717) is 31.4 Å². The third-order valence-electron chi connectivity index (χ3n) is 5.06. The number of hydrogen-bond acceptors (Lipinski definition) is 8. The van der Waals surface area contributed by atoms with Crippen LogP contribution in [-0.4, -0.2) is 75.7 Å². The molecule has 0 saturated carbocycles. The van der Waals surface area contributed by atoms with E-state index in [2.05, 4.69) is 16.0 Å². The van der Waals surface area contributed by atoms with E-state index < -0.39 is 60.2 Å². The van der Waals surface area contributed by atoms with Crippen LogP contribution in [0.4, 0.5) is 0 Å². The molecule has 0 bridgehead atoms. The van der Waals surface area contributed by atoms with Crippen LogP contribution in [0.2, 0.25) is 0 Å². The summed E-state index contributed by atoms with van der Waals surface area (Å²) < 4.78 is 0. The highest BCUT2D eigenvalue weighted by atomic mass is 16.4. The van der Waals surface area contributed by atoms with Gasteiger partial charge in [-0.05, 0) is 44.0 Å². The summed E-state index contributed by atoms with van der Waals surface area (Å²) in [5.41, 5.74) is 11.7. The van der Waals surface area contributed by atoms with Crippen LogP contribution in [-0.2, 0) is 30.4 Å². The van der Waals surface area contributed by atoms with Gasteiger partial charge in [-0.1, -0.05) is 18.6 Å². The van der Waals surface area contributed by atoms with Gasteiger partial charge >= 0.3 is 11.9 Å². The molecular weight excluding hydrogens is 462 g/mol. The second-order valence-electron chi connectivity index (χ2n) is 8.05. The van der Waals surface area contributed by atoms with E-state index in [-0.39, 0.29) is 12.2 Å². The molecule has 0 aromatic heterocycles. The summed E-state index contributed by atoms with van der Waals surface area (Å²) in [4.78, 5) is 60.1. The molecule has 4 unspecified atom stereocenters. The van der Waals surface area contributed by atoms with Gasteiger partial charge in [0.25, 0.3) is 0 Å². The van der Waals surface area contributed by atoms with Crippen LogP contribution in [0, 0.1) is 0 Å². The van der Waals surface area contributed by atoms with Crippen LogP contribution in [0.15, 0.2) is 24.3 Å². The smallest absolute Gasteiger partial charge is 0.326 e. The molecule has 13 heteroatoms. The number of carboxylic acid groups (broad SMARTS) is 2. The molecule has 1 aromatic rings. The first kappa shape index (κ1) is 29.3. The molecule has 10 N–H and O–H groups in total. The minimum Gasteiger partial charge on any atom is -0.508 e. The molecule has 0 heterocycles. The Morgan fingerprint density at radius 2 is 1.49 bits per heavy atom. The van der Waals surface area contributed by atoms with Gasteiger partial charge < -0.3 is 42.7 Å². The standard InChI is InChI=1S/C22H33N5O8/c1-12(19(31)27-17(22(34)35)10-13-5-7-14(28)8-6-13)25-21(33)16(11-18(29)30)26-20(32)15(24)4-2-3-9-23/h5-8,12,15-17,28H,2-4,9-11,23-24H2,1H3,(H,25,33)(H,26,32)(H,27,31)(H,29,30)(H,34,35). The van der Waals surface area contributed by atoms with Crippen LogP contribution in [0.5, 0.6) is 5.75 Å². The Morgan fingerprint density at radius 3 is 2.03 bits per heavy atom. The number of phenols is 1. The van der Waals surface area contributed by atoms with E-state index in [1.807, 2.05) is 0 Å². The number of unbranched alkanes of at least 4 members (excludes halogenated alkanes) is 1. The van der Waals surface area contributed by atoms with Crippen molar-refractivity contribution >= 4 is 29.7 Å².